The zero-order valence-electron chi connectivity index (χ0n) is 19.1. The van der Waals surface area contributed by atoms with E-state index in [9.17, 15) is 5.21 Å². The molecule has 0 aliphatic rings. The van der Waals surface area contributed by atoms with E-state index in [0.29, 0.717) is 37.2 Å². The monoisotopic (exact) mass is 497 g/mol. The van der Waals surface area contributed by atoms with E-state index in [-0.39, 0.29) is 11.9 Å². The van der Waals surface area contributed by atoms with Crippen molar-refractivity contribution in [1.29, 1.82) is 0 Å². The van der Waals surface area contributed by atoms with Gasteiger partial charge in [-0.15, -0.1) is 0 Å². The molecule has 176 valence electrons. The van der Waals surface area contributed by atoms with Crippen LogP contribution in [0.15, 0.2) is 60.9 Å². The lowest BCUT2D eigenvalue weighted by atomic mass is 10.1. The van der Waals surface area contributed by atoms with E-state index >= 15 is 0 Å². The maximum Gasteiger partial charge on any atom is 0.343 e. The highest BCUT2D eigenvalue weighted by Gasteiger charge is 2.16. The van der Waals surface area contributed by atoms with Gasteiger partial charge in [0.1, 0.15) is 18.2 Å². The molecule has 7 nitrogen and oxygen atoms in total. The number of benzene rings is 2. The molecule has 0 aliphatic carbocycles. The van der Waals surface area contributed by atoms with Crippen LogP contribution in [-0.4, -0.2) is 34.2 Å². The van der Waals surface area contributed by atoms with Crippen molar-refractivity contribution in [3.8, 4) is 16.9 Å². The van der Waals surface area contributed by atoms with E-state index in [1.807, 2.05) is 31.2 Å². The Hall–Kier alpha value is -3.13. The second kappa shape index (κ2) is 10.4. The van der Waals surface area contributed by atoms with Crippen molar-refractivity contribution in [2.75, 3.05) is 18.4 Å². The third-order valence-corrected chi connectivity index (χ3v) is 6.20. The van der Waals surface area contributed by atoms with Gasteiger partial charge in [0.25, 0.3) is 0 Å². The first-order valence-electron chi connectivity index (χ1n) is 11.0. The predicted molar refractivity (Wildman–Crippen MR) is 137 cm³/mol. The number of nitrogens with one attached hydrogen (secondary N) is 1. The molecule has 0 fully saturated rings. The van der Waals surface area contributed by atoms with Gasteiger partial charge in [-0.3, -0.25) is 4.90 Å². The largest absolute Gasteiger partial charge is 0.710 e. The Labute approximate surface area is 208 Å². The normalized spacial score (nSPS) is 12.2. The molecule has 0 aliphatic heterocycles. The van der Waals surface area contributed by atoms with Crippen LogP contribution in [-0.2, 0) is 0 Å². The first-order valence-corrected chi connectivity index (χ1v) is 11.8. The summed E-state index contributed by atoms with van der Waals surface area (Å²) >= 11 is 12.6. The van der Waals surface area contributed by atoms with Gasteiger partial charge >= 0.3 is 11.6 Å². The summed E-state index contributed by atoms with van der Waals surface area (Å²) in [5, 5.41) is 17.4. The van der Waals surface area contributed by atoms with Crippen molar-refractivity contribution in [3.05, 3.63) is 76.2 Å². The zero-order chi connectivity index (χ0) is 24.2. The minimum Gasteiger partial charge on any atom is -0.710 e. The first-order chi connectivity index (χ1) is 16.4. The molecule has 1 N–H and O–H groups in total. The molecule has 0 spiro atoms. The third-order valence-electron chi connectivity index (χ3n) is 5.57. The average molecular weight is 498 g/mol. The summed E-state index contributed by atoms with van der Waals surface area (Å²) in [7, 11) is 0. The van der Waals surface area contributed by atoms with E-state index in [0.717, 1.165) is 24.5 Å². The molecule has 0 radical (unpaired) electrons. The van der Waals surface area contributed by atoms with Gasteiger partial charge in [0.05, 0.1) is 15.4 Å². The first kappa shape index (κ1) is 24.0. The molecule has 2 heterocycles. The number of nitrogens with zero attached hydrogens (tertiary/aromatic N) is 4. The fourth-order valence-electron chi connectivity index (χ4n) is 3.78. The van der Waals surface area contributed by atoms with Gasteiger partial charge in [-0.2, -0.15) is 4.98 Å². The predicted octanol–water partition coefficient (Wildman–Crippen LogP) is 6.05. The topological polar surface area (TPSA) is 77.2 Å². The van der Waals surface area contributed by atoms with Gasteiger partial charge in [0.15, 0.2) is 0 Å². The number of ether oxygens (including phenoxy) is 1. The number of hydrogen-bond donors (Lipinski definition) is 1. The van der Waals surface area contributed by atoms with Crippen LogP contribution >= 0.6 is 23.2 Å². The van der Waals surface area contributed by atoms with Crippen LogP contribution in [0.5, 0.6) is 5.75 Å². The smallest absolute Gasteiger partial charge is 0.343 e. The zero-order valence-corrected chi connectivity index (χ0v) is 20.6. The minimum absolute atomic E-state index is 0.0179. The van der Waals surface area contributed by atoms with Crippen molar-refractivity contribution >= 4 is 45.9 Å². The molecule has 4 aromatic rings. The molecular weight excluding hydrogens is 473 g/mol. The maximum atomic E-state index is 12.7. The summed E-state index contributed by atoms with van der Waals surface area (Å²) in [5.41, 5.74) is 2.20. The molecule has 0 saturated carbocycles. The van der Waals surface area contributed by atoms with Crippen LogP contribution in [0.1, 0.15) is 20.8 Å². The van der Waals surface area contributed by atoms with Crippen LogP contribution in [0, 0.1) is 5.21 Å². The van der Waals surface area contributed by atoms with E-state index in [1.54, 1.807) is 30.5 Å². The highest BCUT2D eigenvalue weighted by Crippen LogP contribution is 2.34. The van der Waals surface area contributed by atoms with Crippen molar-refractivity contribution in [2.45, 2.75) is 27.0 Å². The molecule has 34 heavy (non-hydrogen) atoms. The molecule has 1 atom stereocenters. The van der Waals surface area contributed by atoms with Gasteiger partial charge in [-0.1, -0.05) is 43.1 Å². The van der Waals surface area contributed by atoms with Gasteiger partial charge in [0.2, 0.25) is 0 Å². The lowest BCUT2D eigenvalue weighted by molar-refractivity contribution is -0.578. The molecule has 2 aromatic carbocycles. The molecule has 9 heteroatoms. The summed E-state index contributed by atoms with van der Waals surface area (Å²) in [6.45, 7) is 8.09. The van der Waals surface area contributed by atoms with E-state index in [1.165, 1.54) is 6.20 Å². The van der Waals surface area contributed by atoms with Crippen LogP contribution < -0.4 is 14.8 Å². The highest BCUT2D eigenvalue weighted by atomic mass is 35.5. The molecule has 0 saturated heterocycles. The number of aromatic nitrogens is 3. The van der Waals surface area contributed by atoms with Gasteiger partial charge in [0, 0.05) is 23.0 Å². The second-order valence-corrected chi connectivity index (χ2v) is 8.53. The Morgan fingerprint density at radius 1 is 1.09 bits per heavy atom. The summed E-state index contributed by atoms with van der Waals surface area (Å²) in [6, 6.07) is 14.5. The standard InChI is InChI=1S/C25H25Cl2N5O2/c1-4-31(5-2)16(3)34-20-11-9-19(10-12-20)29-25-28-14-17-13-18(15-32(33)24(17)30-25)23-21(26)7-6-8-22(23)27/h6-16H,4-5H2,1-3H3,(H,28,29,30). The Balaban J connectivity index is 1.54. The highest BCUT2D eigenvalue weighted by molar-refractivity contribution is 6.39. The Kier molecular flexibility index (Phi) is 7.36. The fraction of sp³-hybridized carbons (Fsp3) is 0.240. The quantitative estimate of drug-likeness (QED) is 0.181. The Morgan fingerprint density at radius 2 is 1.76 bits per heavy atom. The van der Waals surface area contributed by atoms with Crippen LogP contribution in [0.25, 0.3) is 22.2 Å². The van der Waals surface area contributed by atoms with E-state index < -0.39 is 0 Å². The number of rotatable bonds is 8. The number of anilines is 2. The second-order valence-electron chi connectivity index (χ2n) is 7.71. The SMILES string of the molecule is CCN(CC)C(C)Oc1ccc(Nc2ncc3cc(-c4c(Cl)cccc4Cl)c[n+]([O-])c3n2)cc1. The molecule has 4 rings (SSSR count). The average Bonchev–Trinajstić information content (AvgIpc) is 2.81. The van der Waals surface area contributed by atoms with Crippen molar-refractivity contribution in [2.24, 2.45) is 0 Å². The fourth-order valence-corrected chi connectivity index (χ4v) is 4.39. The lowest BCUT2D eigenvalue weighted by Crippen LogP contribution is -2.36. The minimum atomic E-state index is -0.0179. The number of pyridine rings is 1. The lowest BCUT2D eigenvalue weighted by Gasteiger charge is -2.26. The van der Waals surface area contributed by atoms with Crippen molar-refractivity contribution in [1.82, 2.24) is 14.9 Å². The summed E-state index contributed by atoms with van der Waals surface area (Å²) < 4.78 is 6.70. The molecule has 2 aromatic heterocycles. The molecule has 0 amide bonds. The van der Waals surface area contributed by atoms with Gasteiger partial charge in [-0.25, -0.2) is 4.73 Å². The van der Waals surface area contributed by atoms with Crippen LogP contribution in [0.2, 0.25) is 10.0 Å². The molecule has 1 unspecified atom stereocenters. The Morgan fingerprint density at radius 3 is 2.41 bits per heavy atom. The number of hydrogen-bond acceptors (Lipinski definition) is 6. The van der Waals surface area contributed by atoms with Gasteiger partial charge < -0.3 is 15.3 Å². The Bertz CT molecular complexity index is 1280. The van der Waals surface area contributed by atoms with E-state index in [4.69, 9.17) is 27.9 Å². The van der Waals surface area contributed by atoms with E-state index in [2.05, 4.69) is 34.0 Å². The number of halogens is 2. The van der Waals surface area contributed by atoms with Crippen LogP contribution in [0.3, 0.4) is 0 Å². The summed E-state index contributed by atoms with van der Waals surface area (Å²) in [4.78, 5) is 11.0. The van der Waals surface area contributed by atoms with Gasteiger partial charge in [-0.05, 0) is 67.5 Å². The third kappa shape index (κ3) is 5.17. The number of fused-ring (bicyclic) bond motifs is 1. The van der Waals surface area contributed by atoms with Crippen molar-refractivity contribution in [3.63, 3.8) is 0 Å². The molecular formula is C25H25Cl2N5O2. The summed E-state index contributed by atoms with van der Waals surface area (Å²) in [6.07, 6.45) is 2.99. The maximum absolute atomic E-state index is 12.7. The van der Waals surface area contributed by atoms with Crippen LogP contribution in [0.4, 0.5) is 11.6 Å². The molecule has 0 bridgehead atoms. The van der Waals surface area contributed by atoms with Crippen molar-refractivity contribution < 1.29 is 9.47 Å². The summed E-state index contributed by atoms with van der Waals surface area (Å²) in [5.74, 6) is 1.08.